The molecule has 5 heteroatoms. The van der Waals surface area contributed by atoms with Gasteiger partial charge in [-0.15, -0.1) is 11.3 Å². The molecule has 0 saturated heterocycles. The van der Waals surface area contributed by atoms with E-state index in [0.717, 1.165) is 22.9 Å². The molecule has 0 aliphatic carbocycles. The van der Waals surface area contributed by atoms with Crippen LogP contribution >= 0.6 is 11.3 Å². The predicted octanol–water partition coefficient (Wildman–Crippen LogP) is 2.58. The molecule has 2 aromatic heterocycles. The fourth-order valence-electron chi connectivity index (χ4n) is 1.58. The van der Waals surface area contributed by atoms with E-state index in [1.54, 1.807) is 11.3 Å². The fourth-order valence-corrected chi connectivity index (χ4v) is 2.23. The number of hydrogen-bond acceptors (Lipinski definition) is 4. The van der Waals surface area contributed by atoms with Crippen LogP contribution in [0.2, 0.25) is 0 Å². The van der Waals surface area contributed by atoms with Crippen LogP contribution < -0.4 is 5.73 Å². The van der Waals surface area contributed by atoms with Gasteiger partial charge in [0.25, 0.3) is 0 Å². The van der Waals surface area contributed by atoms with E-state index >= 15 is 0 Å². The number of aromatic nitrogens is 3. The van der Waals surface area contributed by atoms with Crippen molar-refractivity contribution in [1.29, 1.82) is 0 Å². The molecule has 3 N–H and O–H groups in total. The molecule has 0 saturated carbocycles. The molecule has 0 aromatic carbocycles. The lowest BCUT2D eigenvalue weighted by Crippen LogP contribution is -2.14. The minimum absolute atomic E-state index is 0.0544. The summed E-state index contributed by atoms with van der Waals surface area (Å²) in [6.45, 7) is 4.30. The molecule has 4 nitrogen and oxygen atoms in total. The molecule has 0 aliphatic heterocycles. The summed E-state index contributed by atoms with van der Waals surface area (Å²) in [6, 6.07) is 3.94. The molecule has 2 rings (SSSR count). The molecule has 2 heterocycles. The number of nitrogens with one attached hydrogen (secondary N) is 1. The van der Waals surface area contributed by atoms with Gasteiger partial charge in [-0.1, -0.05) is 19.9 Å². The summed E-state index contributed by atoms with van der Waals surface area (Å²) < 4.78 is 0. The zero-order chi connectivity index (χ0) is 11.5. The maximum absolute atomic E-state index is 6.03. The molecule has 0 fully saturated rings. The van der Waals surface area contributed by atoms with Crippen LogP contribution in [0.25, 0.3) is 10.7 Å². The summed E-state index contributed by atoms with van der Waals surface area (Å²) in [5.41, 5.74) is 6.03. The van der Waals surface area contributed by atoms with Crippen molar-refractivity contribution < 1.29 is 0 Å². The number of thiophene rings is 1. The van der Waals surface area contributed by atoms with Gasteiger partial charge in [-0.2, -0.15) is 5.10 Å². The molecule has 0 radical (unpaired) electrons. The van der Waals surface area contributed by atoms with Crippen molar-refractivity contribution in [2.75, 3.05) is 0 Å². The van der Waals surface area contributed by atoms with E-state index in [1.165, 1.54) is 0 Å². The fraction of sp³-hybridized carbons (Fsp3) is 0.455. The zero-order valence-electron chi connectivity index (χ0n) is 9.47. The smallest absolute Gasteiger partial charge is 0.191 e. The Labute approximate surface area is 98.9 Å². The van der Waals surface area contributed by atoms with Gasteiger partial charge in [-0.05, 0) is 23.8 Å². The third-order valence-corrected chi connectivity index (χ3v) is 3.19. The summed E-state index contributed by atoms with van der Waals surface area (Å²) in [4.78, 5) is 5.49. The molecule has 0 aliphatic rings. The molecule has 2 aromatic rings. The maximum atomic E-state index is 6.03. The lowest BCUT2D eigenvalue weighted by Gasteiger charge is -2.09. The van der Waals surface area contributed by atoms with Crippen molar-refractivity contribution in [2.45, 2.75) is 26.3 Å². The monoisotopic (exact) mass is 236 g/mol. The Morgan fingerprint density at radius 1 is 1.50 bits per heavy atom. The highest BCUT2D eigenvalue weighted by molar-refractivity contribution is 7.13. The average molecular weight is 236 g/mol. The van der Waals surface area contributed by atoms with Gasteiger partial charge in [0.15, 0.2) is 5.82 Å². The normalized spacial score (nSPS) is 13.2. The lowest BCUT2D eigenvalue weighted by molar-refractivity contribution is 0.494. The van der Waals surface area contributed by atoms with Crippen LogP contribution in [0, 0.1) is 5.92 Å². The van der Waals surface area contributed by atoms with Crippen molar-refractivity contribution >= 4 is 11.3 Å². The first kappa shape index (κ1) is 11.3. The van der Waals surface area contributed by atoms with Crippen molar-refractivity contribution in [3.63, 3.8) is 0 Å². The van der Waals surface area contributed by atoms with E-state index in [-0.39, 0.29) is 6.04 Å². The van der Waals surface area contributed by atoms with Crippen LogP contribution in [-0.2, 0) is 0 Å². The highest BCUT2D eigenvalue weighted by atomic mass is 32.1. The van der Waals surface area contributed by atoms with Gasteiger partial charge >= 0.3 is 0 Å². The van der Waals surface area contributed by atoms with Crippen LogP contribution in [0.3, 0.4) is 0 Å². The molecule has 16 heavy (non-hydrogen) atoms. The first-order valence-corrected chi connectivity index (χ1v) is 6.26. The molecule has 0 spiro atoms. The van der Waals surface area contributed by atoms with Crippen molar-refractivity contribution in [3.05, 3.63) is 23.3 Å². The van der Waals surface area contributed by atoms with Gasteiger partial charge in [-0.25, -0.2) is 4.98 Å². The molecule has 0 amide bonds. The van der Waals surface area contributed by atoms with E-state index in [2.05, 4.69) is 29.0 Å². The highest BCUT2D eigenvalue weighted by Crippen LogP contribution is 2.22. The van der Waals surface area contributed by atoms with Crippen molar-refractivity contribution in [1.82, 2.24) is 15.2 Å². The van der Waals surface area contributed by atoms with Gasteiger partial charge in [0.2, 0.25) is 0 Å². The Kier molecular flexibility index (Phi) is 3.36. The SMILES string of the molecule is CC(C)CC(N)c1nc(-c2cccs2)n[nH]1. The van der Waals surface area contributed by atoms with E-state index in [9.17, 15) is 0 Å². The summed E-state index contributed by atoms with van der Waals surface area (Å²) in [5.74, 6) is 2.08. The summed E-state index contributed by atoms with van der Waals surface area (Å²) in [6.07, 6.45) is 0.916. The molecule has 1 atom stereocenters. The van der Waals surface area contributed by atoms with Crippen molar-refractivity contribution in [3.8, 4) is 10.7 Å². The lowest BCUT2D eigenvalue weighted by atomic mass is 10.0. The van der Waals surface area contributed by atoms with E-state index in [1.807, 2.05) is 17.5 Å². The molecular weight excluding hydrogens is 220 g/mol. The number of hydrogen-bond donors (Lipinski definition) is 2. The molecule has 86 valence electrons. The van der Waals surface area contributed by atoms with E-state index in [4.69, 9.17) is 5.73 Å². The second-order valence-electron chi connectivity index (χ2n) is 4.26. The minimum Gasteiger partial charge on any atom is -0.321 e. The number of nitrogens with two attached hydrogens (primary N) is 1. The van der Waals surface area contributed by atoms with Crippen LogP contribution in [-0.4, -0.2) is 15.2 Å². The number of H-pyrrole nitrogens is 1. The third kappa shape index (κ3) is 2.48. The standard InChI is InChI=1S/C11H16N4S/c1-7(2)6-8(12)10-13-11(15-14-10)9-4-3-5-16-9/h3-5,7-8H,6,12H2,1-2H3,(H,13,14,15). The molecular formula is C11H16N4S. The number of aromatic amines is 1. The maximum Gasteiger partial charge on any atom is 0.191 e. The minimum atomic E-state index is -0.0544. The zero-order valence-corrected chi connectivity index (χ0v) is 10.3. The first-order valence-electron chi connectivity index (χ1n) is 5.38. The summed E-state index contributed by atoms with van der Waals surface area (Å²) in [5, 5.41) is 9.11. The van der Waals surface area contributed by atoms with Gasteiger partial charge in [-0.3, -0.25) is 5.10 Å². The number of nitrogens with zero attached hydrogens (tertiary/aromatic N) is 2. The van der Waals surface area contributed by atoms with Crippen LogP contribution in [0.1, 0.15) is 32.1 Å². The highest BCUT2D eigenvalue weighted by Gasteiger charge is 2.14. The predicted molar refractivity (Wildman–Crippen MR) is 66.1 cm³/mol. The van der Waals surface area contributed by atoms with Gasteiger partial charge in [0.05, 0.1) is 10.9 Å². The van der Waals surface area contributed by atoms with E-state index in [0.29, 0.717) is 5.92 Å². The van der Waals surface area contributed by atoms with Gasteiger partial charge in [0, 0.05) is 0 Å². The van der Waals surface area contributed by atoms with Crippen LogP contribution in [0.15, 0.2) is 17.5 Å². The number of rotatable bonds is 4. The Bertz CT molecular complexity index is 433. The molecule has 1 unspecified atom stereocenters. The van der Waals surface area contributed by atoms with E-state index < -0.39 is 0 Å². The Balaban J connectivity index is 2.13. The van der Waals surface area contributed by atoms with Crippen LogP contribution in [0.4, 0.5) is 0 Å². The Morgan fingerprint density at radius 3 is 2.94 bits per heavy atom. The Morgan fingerprint density at radius 2 is 2.31 bits per heavy atom. The largest absolute Gasteiger partial charge is 0.321 e. The molecule has 0 bridgehead atoms. The van der Waals surface area contributed by atoms with Gasteiger partial charge < -0.3 is 5.73 Å². The second kappa shape index (κ2) is 4.76. The van der Waals surface area contributed by atoms with Gasteiger partial charge in [0.1, 0.15) is 5.82 Å². The second-order valence-corrected chi connectivity index (χ2v) is 5.21. The first-order chi connectivity index (χ1) is 7.66. The quantitative estimate of drug-likeness (QED) is 0.857. The third-order valence-electron chi connectivity index (χ3n) is 2.32. The van der Waals surface area contributed by atoms with Crippen molar-refractivity contribution in [2.24, 2.45) is 11.7 Å². The summed E-state index contributed by atoms with van der Waals surface area (Å²) in [7, 11) is 0. The topological polar surface area (TPSA) is 67.6 Å². The van der Waals surface area contributed by atoms with Crippen LogP contribution in [0.5, 0.6) is 0 Å². The average Bonchev–Trinajstić information content (AvgIpc) is 2.87. The summed E-state index contributed by atoms with van der Waals surface area (Å²) >= 11 is 1.63. The Hall–Kier alpha value is -1.20.